The van der Waals surface area contributed by atoms with Crippen LogP contribution in [0.25, 0.3) is 28.5 Å². The standard InChI is InChI=1S/C25H22N6OS/c1-18-9-11-21(12-10-18)31-24(20-6-3-2-4-7-20)28-29-25(31)33-17-5-8-22-27-23(30-32-22)19-13-15-26-16-14-19/h2-4,6-7,9-16H,5,8,17H2,1H3. The first kappa shape index (κ1) is 21.1. The maximum atomic E-state index is 5.41. The topological polar surface area (TPSA) is 82.5 Å². The molecule has 0 bridgehead atoms. The fourth-order valence-corrected chi connectivity index (χ4v) is 4.32. The monoisotopic (exact) mass is 454 g/mol. The molecule has 2 aromatic carbocycles. The van der Waals surface area contributed by atoms with Gasteiger partial charge in [0.2, 0.25) is 11.7 Å². The Labute approximate surface area is 195 Å². The lowest BCUT2D eigenvalue weighted by molar-refractivity contribution is 0.378. The number of rotatable bonds is 8. The van der Waals surface area contributed by atoms with Gasteiger partial charge in [-0.1, -0.05) is 64.9 Å². The average Bonchev–Trinajstić information content (AvgIpc) is 3.51. The van der Waals surface area contributed by atoms with Gasteiger partial charge in [0.1, 0.15) is 0 Å². The van der Waals surface area contributed by atoms with Crippen molar-refractivity contribution in [2.45, 2.75) is 24.9 Å². The van der Waals surface area contributed by atoms with Crippen molar-refractivity contribution in [2.24, 2.45) is 0 Å². The molecule has 0 aliphatic heterocycles. The van der Waals surface area contributed by atoms with Gasteiger partial charge in [0.15, 0.2) is 11.0 Å². The quantitative estimate of drug-likeness (QED) is 0.229. The van der Waals surface area contributed by atoms with E-state index < -0.39 is 0 Å². The fourth-order valence-electron chi connectivity index (χ4n) is 3.43. The molecular formula is C25H22N6OS. The van der Waals surface area contributed by atoms with E-state index in [-0.39, 0.29) is 0 Å². The molecule has 5 rings (SSSR count). The van der Waals surface area contributed by atoms with Gasteiger partial charge in [-0.05, 0) is 37.6 Å². The van der Waals surface area contributed by atoms with E-state index in [9.17, 15) is 0 Å². The van der Waals surface area contributed by atoms with Gasteiger partial charge in [-0.15, -0.1) is 10.2 Å². The molecule has 0 saturated carbocycles. The van der Waals surface area contributed by atoms with E-state index in [0.29, 0.717) is 18.1 Å². The highest BCUT2D eigenvalue weighted by Crippen LogP contribution is 2.28. The van der Waals surface area contributed by atoms with E-state index in [1.807, 2.05) is 30.3 Å². The van der Waals surface area contributed by atoms with Crippen molar-refractivity contribution in [1.82, 2.24) is 29.9 Å². The van der Waals surface area contributed by atoms with Crippen molar-refractivity contribution in [3.05, 3.63) is 90.6 Å². The largest absolute Gasteiger partial charge is 0.339 e. The molecule has 0 amide bonds. The average molecular weight is 455 g/mol. The van der Waals surface area contributed by atoms with Gasteiger partial charge in [0, 0.05) is 41.4 Å². The minimum atomic E-state index is 0.590. The summed E-state index contributed by atoms with van der Waals surface area (Å²) in [4.78, 5) is 8.51. The molecule has 0 N–H and O–H groups in total. The number of hydrogen-bond acceptors (Lipinski definition) is 7. The second kappa shape index (κ2) is 9.79. The molecule has 0 atom stereocenters. The number of pyridine rings is 1. The van der Waals surface area contributed by atoms with E-state index in [1.54, 1.807) is 24.2 Å². The van der Waals surface area contributed by atoms with Crippen LogP contribution in [-0.4, -0.2) is 35.6 Å². The summed E-state index contributed by atoms with van der Waals surface area (Å²) in [5.74, 6) is 2.91. The van der Waals surface area contributed by atoms with E-state index in [2.05, 4.69) is 73.2 Å². The summed E-state index contributed by atoms with van der Waals surface area (Å²) < 4.78 is 7.53. The van der Waals surface area contributed by atoms with Gasteiger partial charge in [-0.2, -0.15) is 4.98 Å². The Morgan fingerprint density at radius 1 is 0.879 bits per heavy atom. The van der Waals surface area contributed by atoms with Gasteiger partial charge < -0.3 is 4.52 Å². The first-order valence-electron chi connectivity index (χ1n) is 10.7. The number of thioether (sulfide) groups is 1. The van der Waals surface area contributed by atoms with Crippen molar-refractivity contribution in [2.75, 3.05) is 5.75 Å². The van der Waals surface area contributed by atoms with Crippen LogP contribution in [0.5, 0.6) is 0 Å². The number of aryl methyl sites for hydroxylation is 2. The minimum Gasteiger partial charge on any atom is -0.339 e. The van der Waals surface area contributed by atoms with Crippen LogP contribution in [0.2, 0.25) is 0 Å². The van der Waals surface area contributed by atoms with Crippen molar-refractivity contribution in [3.63, 3.8) is 0 Å². The molecule has 0 unspecified atom stereocenters. The second-order valence-corrected chi connectivity index (χ2v) is 8.60. The summed E-state index contributed by atoms with van der Waals surface area (Å²) in [6.45, 7) is 2.08. The summed E-state index contributed by atoms with van der Waals surface area (Å²) in [7, 11) is 0. The molecule has 8 heteroatoms. The van der Waals surface area contributed by atoms with Crippen LogP contribution in [0.15, 0.2) is 88.8 Å². The lowest BCUT2D eigenvalue weighted by Gasteiger charge is -2.10. The van der Waals surface area contributed by atoms with Gasteiger partial charge in [-0.3, -0.25) is 9.55 Å². The zero-order valence-electron chi connectivity index (χ0n) is 18.1. The maximum absolute atomic E-state index is 5.41. The van der Waals surface area contributed by atoms with Gasteiger partial charge in [-0.25, -0.2) is 0 Å². The molecular weight excluding hydrogens is 432 g/mol. The third kappa shape index (κ3) is 4.85. The van der Waals surface area contributed by atoms with Crippen molar-refractivity contribution in [1.29, 1.82) is 0 Å². The predicted octanol–water partition coefficient (Wildman–Crippen LogP) is 5.41. The molecule has 0 aliphatic carbocycles. The molecule has 7 nitrogen and oxygen atoms in total. The summed E-state index contributed by atoms with van der Waals surface area (Å²) >= 11 is 1.68. The highest BCUT2D eigenvalue weighted by atomic mass is 32.2. The van der Waals surface area contributed by atoms with Gasteiger partial charge >= 0.3 is 0 Å². The summed E-state index contributed by atoms with van der Waals surface area (Å²) in [6.07, 6.45) is 5.02. The van der Waals surface area contributed by atoms with Crippen LogP contribution in [0.1, 0.15) is 17.9 Å². The maximum Gasteiger partial charge on any atom is 0.226 e. The van der Waals surface area contributed by atoms with E-state index >= 15 is 0 Å². The van der Waals surface area contributed by atoms with Crippen molar-refractivity contribution >= 4 is 11.8 Å². The SMILES string of the molecule is Cc1ccc(-n2c(SCCCc3nc(-c4ccncc4)no3)nnc2-c2ccccc2)cc1. The third-order valence-electron chi connectivity index (χ3n) is 5.13. The Kier molecular flexibility index (Phi) is 6.25. The second-order valence-electron chi connectivity index (χ2n) is 7.54. The van der Waals surface area contributed by atoms with Crippen LogP contribution >= 0.6 is 11.8 Å². The summed E-state index contributed by atoms with van der Waals surface area (Å²) in [5.41, 5.74) is 4.19. The Balaban J connectivity index is 1.29. The number of hydrogen-bond donors (Lipinski definition) is 0. The first-order valence-corrected chi connectivity index (χ1v) is 11.7. The Morgan fingerprint density at radius 3 is 2.45 bits per heavy atom. The zero-order chi connectivity index (χ0) is 22.5. The number of aromatic nitrogens is 6. The zero-order valence-corrected chi connectivity index (χ0v) is 18.9. The van der Waals surface area contributed by atoms with Crippen molar-refractivity contribution in [3.8, 4) is 28.5 Å². The van der Waals surface area contributed by atoms with Crippen LogP contribution < -0.4 is 0 Å². The molecule has 0 aliphatic rings. The highest BCUT2D eigenvalue weighted by Gasteiger charge is 2.16. The number of nitrogens with zero attached hydrogens (tertiary/aromatic N) is 6. The first-order chi connectivity index (χ1) is 16.3. The molecule has 33 heavy (non-hydrogen) atoms. The molecule has 3 heterocycles. The molecule has 0 radical (unpaired) electrons. The third-order valence-corrected chi connectivity index (χ3v) is 6.15. The Bertz CT molecular complexity index is 1320. The predicted molar refractivity (Wildman–Crippen MR) is 128 cm³/mol. The van der Waals surface area contributed by atoms with Crippen molar-refractivity contribution < 1.29 is 4.52 Å². The molecule has 5 aromatic rings. The molecule has 0 fully saturated rings. The summed E-state index contributed by atoms with van der Waals surface area (Å²) in [5, 5.41) is 13.9. The van der Waals surface area contributed by atoms with Crippen LogP contribution in [0.4, 0.5) is 0 Å². The van der Waals surface area contributed by atoms with E-state index in [1.165, 1.54) is 5.56 Å². The Morgan fingerprint density at radius 2 is 1.67 bits per heavy atom. The van der Waals surface area contributed by atoms with Gasteiger partial charge in [0.05, 0.1) is 0 Å². The normalized spacial score (nSPS) is 11.1. The highest BCUT2D eigenvalue weighted by molar-refractivity contribution is 7.99. The molecule has 164 valence electrons. The fraction of sp³-hybridized carbons (Fsp3) is 0.160. The smallest absolute Gasteiger partial charge is 0.226 e. The minimum absolute atomic E-state index is 0.590. The van der Waals surface area contributed by atoms with Gasteiger partial charge in [0.25, 0.3) is 0 Å². The van der Waals surface area contributed by atoms with E-state index in [4.69, 9.17) is 4.52 Å². The number of benzene rings is 2. The molecule has 0 spiro atoms. The Hall–Kier alpha value is -3.78. The lowest BCUT2D eigenvalue weighted by Crippen LogP contribution is -2.00. The molecule has 3 aromatic heterocycles. The molecule has 0 saturated heterocycles. The van der Waals surface area contributed by atoms with E-state index in [0.717, 1.165) is 40.0 Å². The summed E-state index contributed by atoms with van der Waals surface area (Å²) in [6, 6.07) is 22.3. The van der Waals surface area contributed by atoms with Crippen LogP contribution in [0, 0.1) is 6.92 Å². The van der Waals surface area contributed by atoms with Crippen LogP contribution in [-0.2, 0) is 6.42 Å². The lowest BCUT2D eigenvalue weighted by atomic mass is 10.2. The van der Waals surface area contributed by atoms with Crippen LogP contribution in [0.3, 0.4) is 0 Å².